The van der Waals surface area contributed by atoms with Gasteiger partial charge in [-0.15, -0.1) is 0 Å². The quantitative estimate of drug-likeness (QED) is 0.291. The maximum absolute atomic E-state index is 13.1. The first-order chi connectivity index (χ1) is 16.8. The maximum Gasteiger partial charge on any atom is 0.316 e. The zero-order valence-corrected chi connectivity index (χ0v) is 20.1. The lowest BCUT2D eigenvalue weighted by Gasteiger charge is -2.22. The van der Waals surface area contributed by atoms with Crippen molar-refractivity contribution in [3.63, 3.8) is 0 Å². The van der Waals surface area contributed by atoms with Gasteiger partial charge in [0.2, 0.25) is 17.7 Å². The van der Waals surface area contributed by atoms with Crippen LogP contribution in [0.4, 0.5) is 11.4 Å². The van der Waals surface area contributed by atoms with Crippen LogP contribution in [0.5, 0.6) is 5.75 Å². The topological polar surface area (TPSA) is 84.0 Å². The molecule has 0 N–H and O–H groups in total. The van der Waals surface area contributed by atoms with Crippen LogP contribution in [0.15, 0.2) is 54.6 Å². The van der Waals surface area contributed by atoms with Gasteiger partial charge in [0.1, 0.15) is 5.75 Å². The summed E-state index contributed by atoms with van der Waals surface area (Å²) in [4.78, 5) is 54.5. The van der Waals surface area contributed by atoms with Crippen molar-refractivity contribution in [2.75, 3.05) is 16.3 Å². The Kier molecular flexibility index (Phi) is 5.79. The number of benzene rings is 2. The monoisotopic (exact) mass is 472 g/mol. The van der Waals surface area contributed by atoms with E-state index in [4.69, 9.17) is 4.74 Å². The van der Waals surface area contributed by atoms with E-state index in [2.05, 4.69) is 0 Å². The first-order valence-electron chi connectivity index (χ1n) is 12.0. The van der Waals surface area contributed by atoms with Gasteiger partial charge in [0.25, 0.3) is 0 Å². The van der Waals surface area contributed by atoms with Crippen molar-refractivity contribution in [3.8, 4) is 5.75 Å². The lowest BCUT2D eigenvalue weighted by Crippen LogP contribution is -2.32. The number of amides is 3. The Morgan fingerprint density at radius 1 is 0.971 bits per heavy atom. The van der Waals surface area contributed by atoms with E-state index in [1.54, 1.807) is 30.0 Å². The number of hydrogen-bond donors (Lipinski definition) is 0. The van der Waals surface area contributed by atoms with E-state index in [9.17, 15) is 19.2 Å². The number of esters is 1. The van der Waals surface area contributed by atoms with Crippen LogP contribution in [0.1, 0.15) is 30.9 Å². The van der Waals surface area contributed by atoms with E-state index in [0.717, 1.165) is 11.3 Å². The van der Waals surface area contributed by atoms with E-state index in [0.29, 0.717) is 23.4 Å². The summed E-state index contributed by atoms with van der Waals surface area (Å²) in [5.41, 5.74) is 2.96. The summed E-state index contributed by atoms with van der Waals surface area (Å²) in [5, 5.41) is 0. The summed E-state index contributed by atoms with van der Waals surface area (Å²) in [6, 6.07) is 12.5. The highest BCUT2D eigenvalue weighted by atomic mass is 16.5. The fraction of sp³-hybridized carbons (Fsp3) is 0.357. The second-order valence-corrected chi connectivity index (χ2v) is 9.73. The van der Waals surface area contributed by atoms with Crippen molar-refractivity contribution in [3.05, 3.63) is 65.7 Å². The fourth-order valence-electron chi connectivity index (χ4n) is 5.49. The first-order valence-corrected chi connectivity index (χ1v) is 12.0. The molecule has 2 saturated heterocycles. The minimum absolute atomic E-state index is 0.0177. The average molecular weight is 473 g/mol. The number of rotatable bonds is 4. The third-order valence-electron chi connectivity index (χ3n) is 7.36. The number of nitrogens with zero attached hydrogens (tertiary/aromatic N) is 2. The number of anilines is 2. The Morgan fingerprint density at radius 3 is 2.46 bits per heavy atom. The smallest absolute Gasteiger partial charge is 0.316 e. The molecule has 2 aromatic carbocycles. The number of fused-ring (bicyclic) bond motifs is 1. The lowest BCUT2D eigenvalue weighted by atomic mass is 9.78. The second-order valence-electron chi connectivity index (χ2n) is 9.73. The van der Waals surface area contributed by atoms with Gasteiger partial charge < -0.3 is 9.64 Å². The normalized spacial score (nSPS) is 25.9. The molecule has 2 aliphatic heterocycles. The van der Waals surface area contributed by atoms with Gasteiger partial charge in [0, 0.05) is 18.7 Å². The Bertz CT molecular complexity index is 1270. The van der Waals surface area contributed by atoms with Gasteiger partial charge in [-0.3, -0.25) is 19.2 Å². The molecule has 0 spiro atoms. The third-order valence-corrected chi connectivity index (χ3v) is 7.36. The van der Waals surface area contributed by atoms with Crippen LogP contribution < -0.4 is 14.5 Å². The largest absolute Gasteiger partial charge is 0.426 e. The molecule has 180 valence electrons. The number of carbonyl (C=O) groups is 4. The van der Waals surface area contributed by atoms with E-state index in [1.165, 1.54) is 4.90 Å². The zero-order valence-electron chi connectivity index (χ0n) is 20.1. The molecular weight excluding hydrogens is 444 g/mol. The number of imide groups is 1. The van der Waals surface area contributed by atoms with Crippen molar-refractivity contribution in [2.45, 2.75) is 33.6 Å². The highest BCUT2D eigenvalue weighted by molar-refractivity contribution is 6.22. The highest BCUT2D eigenvalue weighted by Gasteiger charge is 2.50. The molecule has 0 radical (unpaired) electrons. The lowest BCUT2D eigenvalue weighted by molar-refractivity contribution is -0.139. The molecule has 0 aromatic heterocycles. The molecule has 35 heavy (non-hydrogen) atoms. The minimum Gasteiger partial charge on any atom is -0.426 e. The van der Waals surface area contributed by atoms with Gasteiger partial charge in [0.05, 0.1) is 23.4 Å². The molecule has 3 amide bonds. The van der Waals surface area contributed by atoms with Crippen molar-refractivity contribution >= 4 is 35.1 Å². The zero-order chi connectivity index (χ0) is 24.9. The molecule has 1 aliphatic carbocycles. The standard InChI is InChI=1S/C28H28N2O5/c1-16-7-4-5-10-22(16)29-15-19(14-24(29)31)28(34)35-20-11-12-23(18(3)13-20)30-26(32)21-9-6-8-17(2)25(21)27(30)33/h4-8,10-13,17,19,21,25H,9,14-15H2,1-3H3/t17-,19-,21-,25-/m1/s1. The van der Waals surface area contributed by atoms with E-state index < -0.39 is 11.9 Å². The SMILES string of the molecule is Cc1ccccc1N1C[C@H](C(=O)Oc2ccc(N3C(=O)[C@@H]4[C@H](C)C=CC[C@H]4C3=O)c(C)c2)CC1=O. The van der Waals surface area contributed by atoms with Crippen LogP contribution in [0.2, 0.25) is 0 Å². The van der Waals surface area contributed by atoms with Crippen LogP contribution in [0, 0.1) is 37.5 Å². The Hall–Kier alpha value is -3.74. The summed E-state index contributed by atoms with van der Waals surface area (Å²) < 4.78 is 5.61. The average Bonchev–Trinajstić information content (AvgIpc) is 3.33. The Balaban J connectivity index is 1.30. The van der Waals surface area contributed by atoms with Crippen LogP contribution in [-0.2, 0) is 19.2 Å². The fourth-order valence-corrected chi connectivity index (χ4v) is 5.49. The Labute approximate surface area is 204 Å². The molecule has 7 nitrogen and oxygen atoms in total. The molecule has 2 aromatic rings. The third kappa shape index (κ3) is 3.95. The van der Waals surface area contributed by atoms with Crippen molar-refractivity contribution < 1.29 is 23.9 Å². The number of ether oxygens (including phenoxy) is 1. The maximum atomic E-state index is 13.1. The molecule has 4 atom stereocenters. The van der Waals surface area contributed by atoms with Crippen LogP contribution in [0.25, 0.3) is 0 Å². The van der Waals surface area contributed by atoms with Crippen LogP contribution in [-0.4, -0.2) is 30.2 Å². The molecule has 2 heterocycles. The predicted octanol–water partition coefficient (Wildman–Crippen LogP) is 3.96. The molecular formula is C28H28N2O5. The molecule has 0 bridgehead atoms. The number of para-hydroxylation sites is 1. The first kappa shape index (κ1) is 23.0. The molecule has 5 rings (SSSR count). The van der Waals surface area contributed by atoms with Crippen LogP contribution in [0.3, 0.4) is 0 Å². The molecule has 3 aliphatic rings. The summed E-state index contributed by atoms with van der Waals surface area (Å²) in [5.74, 6) is -1.81. The van der Waals surface area contributed by atoms with Crippen LogP contribution >= 0.6 is 0 Å². The summed E-state index contributed by atoms with van der Waals surface area (Å²) in [6.07, 6.45) is 4.64. The van der Waals surface area contributed by atoms with Crippen molar-refractivity contribution in [2.24, 2.45) is 23.7 Å². The van der Waals surface area contributed by atoms with Gasteiger partial charge in [-0.1, -0.05) is 37.3 Å². The molecule has 0 saturated carbocycles. The summed E-state index contributed by atoms with van der Waals surface area (Å²) >= 11 is 0. The van der Waals surface area contributed by atoms with E-state index in [-0.39, 0.29) is 48.4 Å². The Morgan fingerprint density at radius 2 is 1.74 bits per heavy atom. The second kappa shape index (κ2) is 8.80. The number of allylic oxidation sites excluding steroid dienone is 2. The van der Waals surface area contributed by atoms with E-state index >= 15 is 0 Å². The molecule has 7 heteroatoms. The van der Waals surface area contributed by atoms with E-state index in [1.807, 2.05) is 50.3 Å². The number of carbonyl (C=O) groups excluding carboxylic acids is 4. The van der Waals surface area contributed by atoms with Gasteiger partial charge in [-0.05, 0) is 61.6 Å². The number of hydrogen-bond acceptors (Lipinski definition) is 5. The van der Waals surface area contributed by atoms with Crippen molar-refractivity contribution in [1.29, 1.82) is 0 Å². The molecule has 2 fully saturated rings. The number of aryl methyl sites for hydroxylation is 2. The van der Waals surface area contributed by atoms with Gasteiger partial charge in [-0.25, -0.2) is 4.90 Å². The van der Waals surface area contributed by atoms with Gasteiger partial charge >= 0.3 is 5.97 Å². The van der Waals surface area contributed by atoms with Gasteiger partial charge in [-0.2, -0.15) is 0 Å². The minimum atomic E-state index is -0.569. The highest BCUT2D eigenvalue weighted by Crippen LogP contribution is 2.41. The predicted molar refractivity (Wildman–Crippen MR) is 131 cm³/mol. The summed E-state index contributed by atoms with van der Waals surface area (Å²) in [7, 11) is 0. The van der Waals surface area contributed by atoms with Gasteiger partial charge in [0.15, 0.2) is 0 Å². The van der Waals surface area contributed by atoms with Crippen molar-refractivity contribution in [1.82, 2.24) is 0 Å². The summed E-state index contributed by atoms with van der Waals surface area (Å²) in [6.45, 7) is 5.95. The molecule has 0 unspecified atom stereocenters.